The molecule has 0 bridgehead atoms. The topological polar surface area (TPSA) is 162 Å². The number of aromatic nitrogens is 3. The minimum atomic E-state index is -1.47. The number of ketones is 1. The number of nitrogens with zero attached hydrogens (tertiary/aromatic N) is 4. The van der Waals surface area contributed by atoms with Crippen LogP contribution in [0.5, 0.6) is 0 Å². The molecule has 4 atom stereocenters. The lowest BCUT2D eigenvalue weighted by atomic mass is 9.77. The summed E-state index contributed by atoms with van der Waals surface area (Å²) in [6, 6.07) is 2.76. The zero-order valence-electron chi connectivity index (χ0n) is 20.1. The predicted octanol–water partition coefficient (Wildman–Crippen LogP) is -0.560. The fourth-order valence-corrected chi connectivity index (χ4v) is 7.04. The van der Waals surface area contributed by atoms with Crippen LogP contribution in [0.2, 0.25) is 0 Å². The van der Waals surface area contributed by atoms with Crippen molar-refractivity contribution in [3.8, 4) is 0 Å². The SMILES string of the molecule is CSc1nc(C(=O)c2ccc[n+](CC(N)=O)c2)c2sc(C3=C(C(=O)[O-])N4C(=O)[C@H]([C@@H](C)O)[C@H]4[C@H]3C)cn12. The Bertz CT molecular complexity index is 1520. The highest BCUT2D eigenvalue weighted by Crippen LogP contribution is 2.51. The van der Waals surface area contributed by atoms with Crippen LogP contribution >= 0.6 is 23.1 Å². The van der Waals surface area contributed by atoms with Gasteiger partial charge in [-0.15, -0.1) is 11.3 Å². The van der Waals surface area contributed by atoms with Gasteiger partial charge in [-0.2, -0.15) is 4.57 Å². The van der Waals surface area contributed by atoms with Gasteiger partial charge in [-0.25, -0.2) is 4.98 Å². The molecule has 5 rings (SSSR count). The van der Waals surface area contributed by atoms with E-state index in [0.29, 0.717) is 26.0 Å². The number of carbonyl (C=O) groups is 4. The van der Waals surface area contributed by atoms with Crippen LogP contribution in [0.1, 0.15) is 34.8 Å². The van der Waals surface area contributed by atoms with Crippen molar-refractivity contribution in [1.82, 2.24) is 14.3 Å². The summed E-state index contributed by atoms with van der Waals surface area (Å²) < 4.78 is 3.24. The van der Waals surface area contributed by atoms with Gasteiger partial charge in [-0.05, 0) is 19.2 Å². The van der Waals surface area contributed by atoms with Crippen molar-refractivity contribution in [2.45, 2.75) is 37.7 Å². The minimum Gasteiger partial charge on any atom is -0.543 e. The number of imidazole rings is 1. The third-order valence-electron chi connectivity index (χ3n) is 6.78. The number of hydrogen-bond acceptors (Lipinski definition) is 9. The first kappa shape index (κ1) is 25.1. The van der Waals surface area contributed by atoms with Gasteiger partial charge in [0.25, 0.3) is 5.91 Å². The number of primary amides is 1. The third kappa shape index (κ3) is 3.85. The summed E-state index contributed by atoms with van der Waals surface area (Å²) in [5.41, 5.74) is 5.99. The van der Waals surface area contributed by atoms with Crippen molar-refractivity contribution < 1.29 is 34.0 Å². The first-order valence-electron chi connectivity index (χ1n) is 11.4. The lowest BCUT2D eigenvalue weighted by molar-refractivity contribution is -0.684. The maximum absolute atomic E-state index is 13.5. The van der Waals surface area contributed by atoms with Crippen LogP contribution in [0.15, 0.2) is 41.6 Å². The minimum absolute atomic E-state index is 0.0825. The molecule has 0 saturated carbocycles. The van der Waals surface area contributed by atoms with Crippen LogP contribution < -0.4 is 15.4 Å². The highest BCUT2D eigenvalue weighted by molar-refractivity contribution is 7.98. The van der Waals surface area contributed by atoms with E-state index in [1.807, 2.05) is 13.2 Å². The number of amides is 2. The standard InChI is InChI=1S/C24H23N5O6S2/c1-10-15(19(23(34)35)29-18(10)16(11(2)30)21(29)33)13-8-28-22(37-13)17(26-24(28)36-3)20(32)12-5-4-6-27(7-12)9-14(25)31/h4-8,10-11,16,18,30H,9H2,1-3H3,(H2-,25,31,34,35)/t10-,11+,16+,18+/m0/s1. The van der Waals surface area contributed by atoms with Gasteiger partial charge in [0, 0.05) is 23.8 Å². The second-order valence-corrected chi connectivity index (χ2v) is 10.9. The van der Waals surface area contributed by atoms with Crippen LogP contribution in [0.4, 0.5) is 0 Å². The van der Waals surface area contributed by atoms with Gasteiger partial charge < -0.3 is 25.6 Å². The number of thiazole rings is 1. The van der Waals surface area contributed by atoms with E-state index in [2.05, 4.69) is 4.98 Å². The normalized spacial score (nSPS) is 21.8. The number of aliphatic carboxylic acids is 1. The average Bonchev–Trinajstić information content (AvgIpc) is 3.46. The number of aliphatic hydroxyl groups excluding tert-OH is 1. The number of carboxylic acids is 1. The van der Waals surface area contributed by atoms with Gasteiger partial charge in [-0.1, -0.05) is 18.7 Å². The zero-order chi connectivity index (χ0) is 26.8. The molecular weight excluding hydrogens is 518 g/mol. The van der Waals surface area contributed by atoms with E-state index in [1.165, 1.54) is 45.7 Å². The number of aliphatic hydroxyl groups is 1. The summed E-state index contributed by atoms with van der Waals surface area (Å²) in [5.74, 6) is -3.90. The molecule has 1 fully saturated rings. The highest BCUT2D eigenvalue weighted by atomic mass is 32.2. The Balaban J connectivity index is 1.61. The summed E-state index contributed by atoms with van der Waals surface area (Å²) in [6.07, 6.45) is 5.76. The molecule has 0 unspecified atom stereocenters. The summed E-state index contributed by atoms with van der Waals surface area (Å²) in [5, 5.41) is 22.8. The highest BCUT2D eigenvalue weighted by Gasteiger charge is 2.59. The molecular formula is C24H23N5O6S2. The molecule has 37 heavy (non-hydrogen) atoms. The smallest absolute Gasteiger partial charge is 0.283 e. The van der Waals surface area contributed by atoms with Gasteiger partial charge in [0.05, 0.1) is 40.2 Å². The Morgan fingerprint density at radius 2 is 2.11 bits per heavy atom. The Morgan fingerprint density at radius 1 is 1.38 bits per heavy atom. The summed E-state index contributed by atoms with van der Waals surface area (Å²) >= 11 is 2.52. The molecule has 5 heterocycles. The monoisotopic (exact) mass is 541 g/mol. The van der Waals surface area contributed by atoms with Crippen LogP contribution in [0, 0.1) is 11.8 Å². The van der Waals surface area contributed by atoms with E-state index in [0.717, 1.165) is 0 Å². The van der Waals surface area contributed by atoms with Gasteiger partial charge in [0.1, 0.15) is 10.5 Å². The zero-order valence-corrected chi connectivity index (χ0v) is 21.7. The number of thioether (sulfide) groups is 1. The number of hydrogen-bond donors (Lipinski definition) is 2. The molecule has 3 aromatic heterocycles. The van der Waals surface area contributed by atoms with Crippen molar-refractivity contribution in [3.63, 3.8) is 0 Å². The van der Waals surface area contributed by atoms with Gasteiger partial charge in [0.2, 0.25) is 18.2 Å². The first-order chi connectivity index (χ1) is 17.5. The van der Waals surface area contributed by atoms with Crippen molar-refractivity contribution in [2.24, 2.45) is 17.6 Å². The Labute approximate surface area is 219 Å². The molecule has 11 nitrogen and oxygen atoms in total. The maximum Gasteiger partial charge on any atom is 0.283 e. The molecule has 2 aliphatic rings. The van der Waals surface area contributed by atoms with Crippen molar-refractivity contribution in [2.75, 3.05) is 6.26 Å². The quantitative estimate of drug-likeness (QED) is 0.166. The largest absolute Gasteiger partial charge is 0.543 e. The van der Waals surface area contributed by atoms with Gasteiger partial charge >= 0.3 is 0 Å². The fourth-order valence-electron chi connectivity index (χ4n) is 5.23. The Morgan fingerprint density at radius 3 is 2.73 bits per heavy atom. The van der Waals surface area contributed by atoms with Crippen molar-refractivity contribution in [1.29, 1.82) is 0 Å². The first-order valence-corrected chi connectivity index (χ1v) is 13.4. The van der Waals surface area contributed by atoms with E-state index in [1.54, 1.807) is 28.9 Å². The summed E-state index contributed by atoms with van der Waals surface area (Å²) in [7, 11) is 0. The molecule has 0 spiro atoms. The lowest BCUT2D eigenvalue weighted by Crippen LogP contribution is -2.64. The predicted molar refractivity (Wildman–Crippen MR) is 131 cm³/mol. The summed E-state index contributed by atoms with van der Waals surface area (Å²) in [4.78, 5) is 56.4. The van der Waals surface area contributed by atoms with E-state index < -0.39 is 35.8 Å². The molecule has 1 saturated heterocycles. The van der Waals surface area contributed by atoms with E-state index in [-0.39, 0.29) is 29.6 Å². The summed E-state index contributed by atoms with van der Waals surface area (Å²) in [6.45, 7) is 3.26. The Kier molecular flexibility index (Phi) is 6.16. The lowest BCUT2D eigenvalue weighted by Gasteiger charge is -2.47. The second kappa shape index (κ2) is 9.08. The van der Waals surface area contributed by atoms with Crippen LogP contribution in [0.25, 0.3) is 10.4 Å². The molecule has 13 heteroatoms. The second-order valence-electron chi connectivity index (χ2n) is 9.08. The van der Waals surface area contributed by atoms with E-state index in [4.69, 9.17) is 5.73 Å². The van der Waals surface area contributed by atoms with E-state index in [9.17, 15) is 29.4 Å². The molecule has 192 valence electrons. The van der Waals surface area contributed by atoms with Crippen LogP contribution in [-0.2, 0) is 20.9 Å². The fraction of sp³-hybridized carbons (Fsp3) is 0.333. The van der Waals surface area contributed by atoms with Crippen LogP contribution in [0.3, 0.4) is 0 Å². The molecule has 0 aliphatic carbocycles. The molecule has 3 aromatic rings. The number of pyridine rings is 1. The van der Waals surface area contributed by atoms with Gasteiger partial charge in [-0.3, -0.25) is 18.8 Å². The molecule has 2 amide bonds. The number of β-lactam (4-membered cyclic amide) rings is 1. The van der Waals surface area contributed by atoms with E-state index >= 15 is 0 Å². The molecule has 0 aromatic carbocycles. The Hall–Kier alpha value is -3.55. The third-order valence-corrected chi connectivity index (χ3v) is 8.56. The van der Waals surface area contributed by atoms with Crippen molar-refractivity contribution in [3.05, 3.63) is 52.6 Å². The number of fused-ring (bicyclic) bond motifs is 2. The number of carboxylic acid groups (broad SMARTS) is 1. The maximum atomic E-state index is 13.5. The number of carbonyl (C=O) groups excluding carboxylic acids is 4. The number of nitrogens with two attached hydrogens (primary N) is 1. The van der Waals surface area contributed by atoms with Crippen LogP contribution in [-0.4, -0.2) is 61.4 Å². The average molecular weight is 542 g/mol. The molecule has 3 N–H and O–H groups in total. The van der Waals surface area contributed by atoms with Crippen molar-refractivity contribution >= 4 is 57.1 Å². The molecule has 0 radical (unpaired) electrons. The molecule has 2 aliphatic heterocycles. The van der Waals surface area contributed by atoms with Gasteiger partial charge in [0.15, 0.2) is 17.6 Å². The number of rotatable bonds is 8.